The summed E-state index contributed by atoms with van der Waals surface area (Å²) in [5.41, 5.74) is 6.38. The molecular formula is C21H32N4O7. The summed E-state index contributed by atoms with van der Waals surface area (Å²) in [6, 6.07) is 1.20. The summed E-state index contributed by atoms with van der Waals surface area (Å²) in [5, 5.41) is 35.3. The number of nitrogens with one attached hydrogen (secondary N) is 3. The average Bonchev–Trinajstić information content (AvgIpc) is 2.76. The van der Waals surface area contributed by atoms with E-state index in [0.29, 0.717) is 12.0 Å². The number of rotatable bonds is 12. The first-order valence-corrected chi connectivity index (χ1v) is 10.3. The van der Waals surface area contributed by atoms with E-state index in [1.165, 1.54) is 31.2 Å². The zero-order chi connectivity index (χ0) is 24.4. The summed E-state index contributed by atoms with van der Waals surface area (Å²) >= 11 is 0. The van der Waals surface area contributed by atoms with Gasteiger partial charge in [0.2, 0.25) is 17.7 Å². The fourth-order valence-corrected chi connectivity index (χ4v) is 2.72. The van der Waals surface area contributed by atoms with Crippen LogP contribution in [0.4, 0.5) is 0 Å². The highest BCUT2D eigenvalue weighted by Crippen LogP contribution is 2.11. The Kier molecular flexibility index (Phi) is 10.6. The van der Waals surface area contributed by atoms with Gasteiger partial charge in [0.25, 0.3) is 0 Å². The van der Waals surface area contributed by atoms with Gasteiger partial charge in [-0.3, -0.25) is 14.4 Å². The van der Waals surface area contributed by atoms with Gasteiger partial charge in [-0.15, -0.1) is 0 Å². The van der Waals surface area contributed by atoms with Gasteiger partial charge in [0.05, 0.1) is 12.6 Å². The van der Waals surface area contributed by atoms with E-state index >= 15 is 0 Å². The number of hydrogen-bond acceptors (Lipinski definition) is 7. The minimum Gasteiger partial charge on any atom is -0.508 e. The van der Waals surface area contributed by atoms with Crippen molar-refractivity contribution in [2.45, 2.75) is 57.8 Å². The minimum atomic E-state index is -1.42. The van der Waals surface area contributed by atoms with Crippen molar-refractivity contribution in [1.29, 1.82) is 0 Å². The monoisotopic (exact) mass is 452 g/mol. The summed E-state index contributed by atoms with van der Waals surface area (Å²) in [7, 11) is 0. The van der Waals surface area contributed by atoms with Crippen molar-refractivity contribution < 1.29 is 34.5 Å². The number of aromatic hydroxyl groups is 1. The summed E-state index contributed by atoms with van der Waals surface area (Å²) in [6.07, 6.45) is 0.601. The van der Waals surface area contributed by atoms with Gasteiger partial charge >= 0.3 is 5.97 Å². The fraction of sp³-hybridized carbons (Fsp3) is 0.524. The Labute approximate surface area is 186 Å². The highest BCUT2D eigenvalue weighted by atomic mass is 16.4. The number of carbonyl (C=O) groups is 4. The third kappa shape index (κ3) is 8.16. The van der Waals surface area contributed by atoms with E-state index in [-0.39, 0.29) is 18.1 Å². The van der Waals surface area contributed by atoms with Crippen LogP contribution in [-0.4, -0.2) is 69.8 Å². The molecule has 11 nitrogen and oxygen atoms in total. The molecule has 11 heteroatoms. The van der Waals surface area contributed by atoms with E-state index < -0.39 is 54.5 Å². The lowest BCUT2D eigenvalue weighted by atomic mass is 9.99. The Bertz CT molecular complexity index is 800. The molecule has 178 valence electrons. The van der Waals surface area contributed by atoms with Crippen molar-refractivity contribution in [2.24, 2.45) is 11.7 Å². The number of phenols is 1. The van der Waals surface area contributed by atoms with Crippen molar-refractivity contribution in [3.63, 3.8) is 0 Å². The van der Waals surface area contributed by atoms with Crippen LogP contribution in [0.1, 0.15) is 32.8 Å². The number of aliphatic carboxylic acids is 1. The lowest BCUT2D eigenvalue weighted by Crippen LogP contribution is -2.58. The number of benzene rings is 1. The zero-order valence-corrected chi connectivity index (χ0v) is 18.4. The Morgan fingerprint density at radius 2 is 1.50 bits per heavy atom. The van der Waals surface area contributed by atoms with Gasteiger partial charge in [-0.1, -0.05) is 32.4 Å². The van der Waals surface area contributed by atoms with Crippen LogP contribution in [-0.2, 0) is 25.6 Å². The molecule has 1 rings (SSSR count). The second kappa shape index (κ2) is 12.6. The molecule has 0 aliphatic rings. The molecule has 0 saturated heterocycles. The summed E-state index contributed by atoms with van der Waals surface area (Å²) in [6.45, 7) is 4.30. The summed E-state index contributed by atoms with van der Waals surface area (Å²) in [4.78, 5) is 48.5. The van der Waals surface area contributed by atoms with E-state index in [2.05, 4.69) is 16.0 Å². The first-order chi connectivity index (χ1) is 15.0. The summed E-state index contributed by atoms with van der Waals surface area (Å²) < 4.78 is 0. The Hall–Kier alpha value is -3.18. The van der Waals surface area contributed by atoms with Crippen molar-refractivity contribution in [1.82, 2.24) is 16.0 Å². The van der Waals surface area contributed by atoms with Crippen molar-refractivity contribution in [3.8, 4) is 5.75 Å². The molecule has 0 saturated carbocycles. The van der Waals surface area contributed by atoms with Crippen molar-refractivity contribution in [3.05, 3.63) is 29.8 Å². The molecule has 0 heterocycles. The number of carboxylic acids is 1. The van der Waals surface area contributed by atoms with Crippen LogP contribution < -0.4 is 21.7 Å². The van der Waals surface area contributed by atoms with Crippen LogP contribution in [0.5, 0.6) is 5.75 Å². The molecular weight excluding hydrogens is 420 g/mol. The van der Waals surface area contributed by atoms with Crippen LogP contribution in [0.3, 0.4) is 0 Å². The quantitative estimate of drug-likeness (QED) is 0.207. The number of phenolic OH excluding ortho intramolecular Hbond substituents is 1. The Balaban J connectivity index is 2.72. The first kappa shape index (κ1) is 26.9. The highest BCUT2D eigenvalue weighted by Gasteiger charge is 2.29. The SMILES string of the molecule is CC[C@H](C)[C@H](N)C(=O)N[C@@H](C)C(=O)N[C@@H](CO)C(=O)N[C@@H](Cc1ccc(O)cc1)C(=O)O. The predicted molar refractivity (Wildman–Crippen MR) is 115 cm³/mol. The molecule has 0 aliphatic heterocycles. The molecule has 0 fully saturated rings. The Morgan fingerprint density at radius 3 is 2.00 bits per heavy atom. The van der Waals surface area contributed by atoms with Crippen LogP contribution in [0.15, 0.2) is 24.3 Å². The number of hydrogen-bond donors (Lipinski definition) is 7. The molecule has 8 N–H and O–H groups in total. The van der Waals surface area contributed by atoms with Gasteiger partial charge in [0, 0.05) is 6.42 Å². The highest BCUT2D eigenvalue weighted by molar-refractivity contribution is 5.94. The lowest BCUT2D eigenvalue weighted by Gasteiger charge is -2.23. The predicted octanol–water partition coefficient (Wildman–Crippen LogP) is -1.14. The lowest BCUT2D eigenvalue weighted by molar-refractivity contribution is -0.142. The van der Waals surface area contributed by atoms with E-state index in [1.54, 1.807) is 6.92 Å². The van der Waals surface area contributed by atoms with E-state index in [9.17, 15) is 34.5 Å². The van der Waals surface area contributed by atoms with Crippen LogP contribution in [0, 0.1) is 5.92 Å². The van der Waals surface area contributed by atoms with E-state index in [4.69, 9.17) is 5.73 Å². The van der Waals surface area contributed by atoms with Crippen LogP contribution in [0.2, 0.25) is 0 Å². The van der Waals surface area contributed by atoms with Crippen molar-refractivity contribution in [2.75, 3.05) is 6.61 Å². The normalized spacial score (nSPS) is 15.5. The maximum Gasteiger partial charge on any atom is 0.326 e. The van der Waals surface area contributed by atoms with Gasteiger partial charge in [-0.05, 0) is 30.5 Å². The number of carbonyl (C=O) groups excluding carboxylic acids is 3. The van der Waals surface area contributed by atoms with E-state index in [0.717, 1.165) is 0 Å². The van der Waals surface area contributed by atoms with Gasteiger partial charge in [-0.25, -0.2) is 4.79 Å². The number of nitrogens with two attached hydrogens (primary N) is 1. The molecule has 0 bridgehead atoms. The minimum absolute atomic E-state index is 0.0130. The van der Waals surface area contributed by atoms with Gasteiger partial charge in [0.1, 0.15) is 23.9 Å². The van der Waals surface area contributed by atoms with E-state index in [1.807, 2.05) is 6.92 Å². The van der Waals surface area contributed by atoms with Crippen molar-refractivity contribution >= 4 is 23.7 Å². The third-order valence-corrected chi connectivity index (χ3v) is 5.12. The molecule has 0 unspecified atom stereocenters. The standard InChI is InChI=1S/C21H32N4O7/c1-4-11(2)17(22)20(30)23-12(3)18(28)25-16(10-26)19(29)24-15(21(31)32)9-13-5-7-14(27)8-6-13/h5-8,11-12,15-17,26-27H,4,9-10,22H2,1-3H3,(H,23,30)(H,24,29)(H,25,28)(H,31,32)/t11-,12-,15-,16-,17-/m0/s1. The Morgan fingerprint density at radius 1 is 0.938 bits per heavy atom. The second-order valence-electron chi connectivity index (χ2n) is 7.66. The third-order valence-electron chi connectivity index (χ3n) is 5.12. The molecule has 32 heavy (non-hydrogen) atoms. The average molecular weight is 453 g/mol. The molecule has 5 atom stereocenters. The first-order valence-electron chi connectivity index (χ1n) is 10.3. The maximum atomic E-state index is 12.5. The number of carboxylic acid groups (broad SMARTS) is 1. The fourth-order valence-electron chi connectivity index (χ4n) is 2.72. The topological polar surface area (TPSA) is 191 Å². The molecule has 0 aromatic heterocycles. The molecule has 1 aromatic carbocycles. The molecule has 0 radical (unpaired) electrons. The zero-order valence-electron chi connectivity index (χ0n) is 18.4. The maximum absolute atomic E-state index is 12.5. The molecule has 0 aliphatic carbocycles. The number of aliphatic hydroxyl groups is 1. The number of amides is 3. The second-order valence-corrected chi connectivity index (χ2v) is 7.66. The smallest absolute Gasteiger partial charge is 0.326 e. The van der Waals surface area contributed by atoms with Gasteiger partial charge in [-0.2, -0.15) is 0 Å². The van der Waals surface area contributed by atoms with Gasteiger partial charge in [0.15, 0.2) is 0 Å². The van der Waals surface area contributed by atoms with Crippen LogP contribution >= 0.6 is 0 Å². The summed E-state index contributed by atoms with van der Waals surface area (Å²) in [5.74, 6) is -3.56. The largest absolute Gasteiger partial charge is 0.508 e. The molecule has 0 spiro atoms. The van der Waals surface area contributed by atoms with Crippen LogP contribution in [0.25, 0.3) is 0 Å². The number of aliphatic hydroxyl groups excluding tert-OH is 1. The molecule has 1 aromatic rings. The van der Waals surface area contributed by atoms with Gasteiger partial charge < -0.3 is 37.0 Å². The molecule has 3 amide bonds.